The van der Waals surface area contributed by atoms with Gasteiger partial charge in [-0.25, -0.2) is 0 Å². The molecule has 0 atom stereocenters. The van der Waals surface area contributed by atoms with E-state index < -0.39 is 0 Å². The first-order valence-corrected chi connectivity index (χ1v) is 6.53. The van der Waals surface area contributed by atoms with E-state index in [1.165, 1.54) is 0 Å². The standard InChI is InChI=1S/C15H21N3O/c1-4-9-18(12-6-7-12)15(19)11-5-8-14(17(2)3)13(16)10-11/h4-5,8,10,12H,1,6-7,9,16H2,2-3H3. The number of nitrogens with zero attached hydrogens (tertiary/aromatic N) is 2. The van der Waals surface area contributed by atoms with E-state index >= 15 is 0 Å². The maximum Gasteiger partial charge on any atom is 0.254 e. The van der Waals surface area contributed by atoms with E-state index in [1.807, 2.05) is 36.0 Å². The van der Waals surface area contributed by atoms with Gasteiger partial charge >= 0.3 is 0 Å². The molecule has 1 amide bonds. The average Bonchev–Trinajstić information content (AvgIpc) is 3.18. The number of carbonyl (C=O) groups is 1. The summed E-state index contributed by atoms with van der Waals surface area (Å²) >= 11 is 0. The first-order valence-electron chi connectivity index (χ1n) is 6.53. The summed E-state index contributed by atoms with van der Waals surface area (Å²) in [6.07, 6.45) is 3.95. The fourth-order valence-electron chi connectivity index (χ4n) is 2.18. The van der Waals surface area contributed by atoms with Crippen molar-refractivity contribution in [3.05, 3.63) is 36.4 Å². The Kier molecular flexibility index (Phi) is 3.79. The van der Waals surface area contributed by atoms with Crippen LogP contribution in [-0.2, 0) is 0 Å². The van der Waals surface area contributed by atoms with Crippen molar-refractivity contribution in [1.29, 1.82) is 0 Å². The zero-order valence-corrected chi connectivity index (χ0v) is 11.6. The molecule has 2 N–H and O–H groups in total. The Hall–Kier alpha value is -1.97. The first kappa shape index (κ1) is 13.5. The van der Waals surface area contributed by atoms with Gasteiger partial charge in [0.1, 0.15) is 0 Å². The summed E-state index contributed by atoms with van der Waals surface area (Å²) in [6.45, 7) is 4.31. The van der Waals surface area contributed by atoms with E-state index in [0.29, 0.717) is 23.8 Å². The molecule has 4 nitrogen and oxygen atoms in total. The molecular formula is C15H21N3O. The molecule has 102 valence electrons. The van der Waals surface area contributed by atoms with E-state index in [2.05, 4.69) is 6.58 Å². The summed E-state index contributed by atoms with van der Waals surface area (Å²) in [4.78, 5) is 16.3. The molecule has 1 fully saturated rings. The second-order valence-corrected chi connectivity index (χ2v) is 5.15. The molecule has 0 aliphatic heterocycles. The minimum absolute atomic E-state index is 0.0411. The summed E-state index contributed by atoms with van der Waals surface area (Å²) in [6, 6.07) is 5.87. The molecule has 4 heteroatoms. The van der Waals surface area contributed by atoms with Crippen molar-refractivity contribution in [3.8, 4) is 0 Å². The molecule has 0 radical (unpaired) electrons. The molecule has 1 aliphatic rings. The van der Waals surface area contributed by atoms with E-state index in [4.69, 9.17) is 5.73 Å². The van der Waals surface area contributed by atoms with E-state index in [1.54, 1.807) is 12.1 Å². The van der Waals surface area contributed by atoms with Crippen molar-refractivity contribution in [2.75, 3.05) is 31.3 Å². The van der Waals surface area contributed by atoms with Crippen LogP contribution in [0.5, 0.6) is 0 Å². The van der Waals surface area contributed by atoms with Gasteiger partial charge in [0.15, 0.2) is 0 Å². The van der Waals surface area contributed by atoms with Crippen molar-refractivity contribution in [3.63, 3.8) is 0 Å². The molecule has 0 bridgehead atoms. The van der Waals surface area contributed by atoms with Crippen LogP contribution in [0.1, 0.15) is 23.2 Å². The van der Waals surface area contributed by atoms with Crippen LogP contribution in [-0.4, -0.2) is 37.5 Å². The smallest absolute Gasteiger partial charge is 0.254 e. The quantitative estimate of drug-likeness (QED) is 0.651. The number of hydrogen-bond acceptors (Lipinski definition) is 3. The third-order valence-corrected chi connectivity index (χ3v) is 3.33. The van der Waals surface area contributed by atoms with Gasteiger partial charge in [-0.1, -0.05) is 6.08 Å². The van der Waals surface area contributed by atoms with Gasteiger partial charge in [-0.3, -0.25) is 4.79 Å². The van der Waals surface area contributed by atoms with Gasteiger partial charge in [0, 0.05) is 32.2 Å². The number of anilines is 2. The first-order chi connectivity index (χ1) is 9.04. The Morgan fingerprint density at radius 2 is 2.16 bits per heavy atom. The van der Waals surface area contributed by atoms with E-state index in [0.717, 1.165) is 18.5 Å². The van der Waals surface area contributed by atoms with Crippen LogP contribution in [0.3, 0.4) is 0 Å². The number of carbonyl (C=O) groups excluding carboxylic acids is 1. The zero-order valence-electron chi connectivity index (χ0n) is 11.6. The number of rotatable bonds is 5. The molecule has 0 saturated heterocycles. The summed E-state index contributed by atoms with van der Waals surface area (Å²) < 4.78 is 0. The zero-order chi connectivity index (χ0) is 14.0. The second-order valence-electron chi connectivity index (χ2n) is 5.15. The third kappa shape index (κ3) is 2.89. The minimum atomic E-state index is 0.0411. The van der Waals surface area contributed by atoms with E-state index in [9.17, 15) is 4.79 Å². The van der Waals surface area contributed by atoms with Crippen molar-refractivity contribution in [2.24, 2.45) is 0 Å². The van der Waals surface area contributed by atoms with Crippen LogP contribution in [0.2, 0.25) is 0 Å². The summed E-state index contributed by atoms with van der Waals surface area (Å²) in [5.74, 6) is 0.0411. The number of amides is 1. The van der Waals surface area contributed by atoms with Gasteiger partial charge in [0.25, 0.3) is 5.91 Å². The van der Waals surface area contributed by atoms with Crippen LogP contribution in [0, 0.1) is 0 Å². The summed E-state index contributed by atoms with van der Waals surface area (Å²) in [5.41, 5.74) is 8.20. The molecule has 1 aliphatic carbocycles. The SMILES string of the molecule is C=CCN(C(=O)c1ccc(N(C)C)c(N)c1)C1CC1. The largest absolute Gasteiger partial charge is 0.397 e. The molecule has 0 heterocycles. The van der Waals surface area contributed by atoms with Gasteiger partial charge in [-0.05, 0) is 31.0 Å². The number of benzene rings is 1. The Morgan fingerprint density at radius 3 is 2.63 bits per heavy atom. The molecule has 1 aromatic carbocycles. The highest BCUT2D eigenvalue weighted by Gasteiger charge is 2.32. The predicted octanol–water partition coefficient (Wildman–Crippen LogP) is 2.13. The second kappa shape index (κ2) is 5.34. The van der Waals surface area contributed by atoms with Crippen LogP contribution in [0.4, 0.5) is 11.4 Å². The Labute approximate surface area is 114 Å². The maximum atomic E-state index is 12.5. The molecule has 19 heavy (non-hydrogen) atoms. The van der Waals surface area contributed by atoms with Crippen molar-refractivity contribution < 1.29 is 4.79 Å². The van der Waals surface area contributed by atoms with Crippen molar-refractivity contribution >= 4 is 17.3 Å². The number of nitrogen functional groups attached to an aromatic ring is 1. The lowest BCUT2D eigenvalue weighted by atomic mass is 10.1. The number of nitrogens with two attached hydrogens (primary N) is 1. The monoisotopic (exact) mass is 259 g/mol. The van der Waals surface area contributed by atoms with Crippen LogP contribution in [0.25, 0.3) is 0 Å². The molecule has 0 spiro atoms. The average molecular weight is 259 g/mol. The van der Waals surface area contributed by atoms with Gasteiger partial charge < -0.3 is 15.5 Å². The molecule has 2 rings (SSSR count). The lowest BCUT2D eigenvalue weighted by Crippen LogP contribution is -2.33. The van der Waals surface area contributed by atoms with E-state index in [-0.39, 0.29) is 5.91 Å². The van der Waals surface area contributed by atoms with Crippen LogP contribution in [0.15, 0.2) is 30.9 Å². The Bertz CT molecular complexity index is 492. The van der Waals surface area contributed by atoms with Crippen LogP contribution >= 0.6 is 0 Å². The van der Waals surface area contributed by atoms with Gasteiger partial charge in [0.2, 0.25) is 0 Å². The summed E-state index contributed by atoms with van der Waals surface area (Å²) in [7, 11) is 3.86. The third-order valence-electron chi connectivity index (χ3n) is 3.33. The topological polar surface area (TPSA) is 49.6 Å². The van der Waals surface area contributed by atoms with Crippen molar-refractivity contribution in [2.45, 2.75) is 18.9 Å². The lowest BCUT2D eigenvalue weighted by molar-refractivity contribution is 0.0762. The Balaban J connectivity index is 2.23. The number of hydrogen-bond donors (Lipinski definition) is 1. The van der Waals surface area contributed by atoms with Gasteiger partial charge in [0.05, 0.1) is 11.4 Å². The molecule has 0 aromatic heterocycles. The highest BCUT2D eigenvalue weighted by Crippen LogP contribution is 2.29. The summed E-state index contributed by atoms with van der Waals surface area (Å²) in [5, 5.41) is 0. The molecular weight excluding hydrogens is 238 g/mol. The van der Waals surface area contributed by atoms with Crippen LogP contribution < -0.4 is 10.6 Å². The molecule has 0 unspecified atom stereocenters. The minimum Gasteiger partial charge on any atom is -0.397 e. The van der Waals surface area contributed by atoms with Crippen molar-refractivity contribution in [1.82, 2.24) is 4.90 Å². The predicted molar refractivity (Wildman–Crippen MR) is 79.4 cm³/mol. The highest BCUT2D eigenvalue weighted by molar-refractivity contribution is 5.96. The fourth-order valence-corrected chi connectivity index (χ4v) is 2.18. The van der Waals surface area contributed by atoms with Gasteiger partial charge in [-0.2, -0.15) is 0 Å². The lowest BCUT2D eigenvalue weighted by Gasteiger charge is -2.22. The molecule has 1 saturated carbocycles. The fraction of sp³-hybridized carbons (Fsp3) is 0.400. The maximum absolute atomic E-state index is 12.5. The molecule has 1 aromatic rings. The normalized spacial score (nSPS) is 14.0. The van der Waals surface area contributed by atoms with Gasteiger partial charge in [-0.15, -0.1) is 6.58 Å². The Morgan fingerprint density at radius 1 is 1.47 bits per heavy atom. The highest BCUT2D eigenvalue weighted by atomic mass is 16.2.